The maximum atomic E-state index is 11.9. The number of likely N-dealkylation sites (N-methyl/N-ethyl adjacent to an activating group) is 2. The number of carbonyl (C=O) groups excluding carboxylic acids is 2. The van der Waals surface area contributed by atoms with Crippen LogP contribution in [-0.2, 0) is 9.59 Å². The van der Waals surface area contributed by atoms with Crippen molar-refractivity contribution in [3.8, 4) is 0 Å². The molecule has 0 atom stereocenters. The van der Waals surface area contributed by atoms with Crippen molar-refractivity contribution in [1.82, 2.24) is 25.0 Å². The number of hydrogen-bond donors (Lipinski definition) is 1. The summed E-state index contributed by atoms with van der Waals surface area (Å²) in [4.78, 5) is 39.9. The van der Waals surface area contributed by atoms with Gasteiger partial charge >= 0.3 is 0 Å². The Balaban J connectivity index is 2.01. The molecule has 27 heavy (non-hydrogen) atoms. The molecular formula is C18H29N7O2. The van der Waals surface area contributed by atoms with E-state index in [0.717, 1.165) is 32.0 Å². The van der Waals surface area contributed by atoms with Gasteiger partial charge in [0, 0.05) is 60.6 Å². The minimum atomic E-state index is -0.0830. The minimum Gasteiger partial charge on any atom is -0.353 e. The van der Waals surface area contributed by atoms with Crippen molar-refractivity contribution in [2.45, 2.75) is 0 Å². The van der Waals surface area contributed by atoms with Gasteiger partial charge in [-0.15, -0.1) is 0 Å². The lowest BCUT2D eigenvalue weighted by molar-refractivity contribution is -0.127. The Morgan fingerprint density at radius 1 is 1.07 bits per heavy atom. The third-order valence-electron chi connectivity index (χ3n) is 4.31. The number of anilines is 1. The number of nitrogens with one attached hydrogen (secondary N) is 1. The molecule has 0 aliphatic carbocycles. The van der Waals surface area contributed by atoms with Crippen LogP contribution in [-0.4, -0.2) is 105 Å². The molecular weight excluding hydrogens is 346 g/mol. The number of aromatic nitrogens is 1. The van der Waals surface area contributed by atoms with Gasteiger partial charge in [-0.25, -0.2) is 9.98 Å². The van der Waals surface area contributed by atoms with Crippen molar-refractivity contribution in [3.05, 3.63) is 24.4 Å². The number of rotatable bonds is 5. The van der Waals surface area contributed by atoms with E-state index in [2.05, 4.69) is 25.1 Å². The molecule has 0 aromatic carbocycles. The third kappa shape index (κ3) is 6.12. The van der Waals surface area contributed by atoms with Crippen molar-refractivity contribution >= 4 is 23.6 Å². The predicted octanol–water partition coefficient (Wildman–Crippen LogP) is -0.674. The molecule has 0 bridgehead atoms. The standard InChI is InChI=1S/C18H29N7O2/c1-22(2)16(26)13-20-18(21-14-17(27)23(3)4)25-11-9-24(10-12-25)15-7-5-6-8-19-15/h5-8H,9-14H2,1-4H3,(H,20,21). The van der Waals surface area contributed by atoms with Gasteiger partial charge in [0.1, 0.15) is 12.4 Å². The summed E-state index contributed by atoms with van der Waals surface area (Å²) in [5.74, 6) is 1.41. The molecule has 1 saturated heterocycles. The van der Waals surface area contributed by atoms with Gasteiger partial charge in [0.15, 0.2) is 5.96 Å². The largest absolute Gasteiger partial charge is 0.353 e. The monoisotopic (exact) mass is 375 g/mol. The molecule has 0 radical (unpaired) electrons. The summed E-state index contributed by atoms with van der Waals surface area (Å²) in [5.41, 5.74) is 0. The summed E-state index contributed by atoms with van der Waals surface area (Å²) in [6, 6.07) is 5.87. The second-order valence-corrected chi connectivity index (χ2v) is 6.73. The zero-order chi connectivity index (χ0) is 19.8. The number of guanidine groups is 1. The summed E-state index contributed by atoms with van der Waals surface area (Å²) >= 11 is 0. The highest BCUT2D eigenvalue weighted by atomic mass is 16.2. The van der Waals surface area contributed by atoms with Crippen LogP contribution in [0.3, 0.4) is 0 Å². The molecule has 1 aliphatic heterocycles. The lowest BCUT2D eigenvalue weighted by Crippen LogP contribution is -2.54. The number of hydrogen-bond acceptors (Lipinski definition) is 5. The van der Waals surface area contributed by atoms with Gasteiger partial charge in [0.2, 0.25) is 11.8 Å². The maximum Gasteiger partial charge on any atom is 0.243 e. The molecule has 148 valence electrons. The van der Waals surface area contributed by atoms with Gasteiger partial charge in [0.25, 0.3) is 0 Å². The van der Waals surface area contributed by atoms with Crippen LogP contribution in [0.4, 0.5) is 5.82 Å². The van der Waals surface area contributed by atoms with Gasteiger partial charge < -0.3 is 24.9 Å². The van der Waals surface area contributed by atoms with Crippen LogP contribution in [0.25, 0.3) is 0 Å². The topological polar surface area (TPSA) is 84.4 Å². The molecule has 2 amide bonds. The summed E-state index contributed by atoms with van der Waals surface area (Å²) in [6.07, 6.45) is 1.79. The Labute approximate surface area is 160 Å². The number of amides is 2. The van der Waals surface area contributed by atoms with E-state index in [4.69, 9.17) is 0 Å². The van der Waals surface area contributed by atoms with E-state index < -0.39 is 0 Å². The van der Waals surface area contributed by atoms with Gasteiger partial charge in [-0.3, -0.25) is 9.59 Å². The maximum absolute atomic E-state index is 11.9. The highest BCUT2D eigenvalue weighted by Gasteiger charge is 2.21. The van der Waals surface area contributed by atoms with Crippen LogP contribution < -0.4 is 10.2 Å². The van der Waals surface area contributed by atoms with Crippen molar-refractivity contribution in [2.24, 2.45) is 4.99 Å². The molecule has 9 heteroatoms. The van der Waals surface area contributed by atoms with Crippen molar-refractivity contribution in [1.29, 1.82) is 0 Å². The van der Waals surface area contributed by atoms with E-state index in [1.807, 2.05) is 18.2 Å². The number of aliphatic imine (C=N–C) groups is 1. The molecule has 0 saturated carbocycles. The van der Waals surface area contributed by atoms with E-state index in [9.17, 15) is 9.59 Å². The molecule has 1 N–H and O–H groups in total. The number of carbonyl (C=O) groups is 2. The Hall–Kier alpha value is -2.84. The number of piperazine rings is 1. The fourth-order valence-corrected chi connectivity index (χ4v) is 2.55. The minimum absolute atomic E-state index is 0.0474. The normalized spacial score (nSPS) is 14.7. The van der Waals surface area contributed by atoms with Crippen LogP contribution in [0.15, 0.2) is 29.4 Å². The van der Waals surface area contributed by atoms with Gasteiger partial charge in [-0.05, 0) is 12.1 Å². The van der Waals surface area contributed by atoms with Gasteiger partial charge in [0.05, 0.1) is 6.54 Å². The summed E-state index contributed by atoms with van der Waals surface area (Å²) in [6.45, 7) is 3.24. The average Bonchev–Trinajstić information content (AvgIpc) is 2.68. The van der Waals surface area contributed by atoms with Crippen LogP contribution in [0.5, 0.6) is 0 Å². The predicted molar refractivity (Wildman–Crippen MR) is 106 cm³/mol. The zero-order valence-electron chi connectivity index (χ0n) is 16.6. The Morgan fingerprint density at radius 2 is 1.74 bits per heavy atom. The lowest BCUT2D eigenvalue weighted by Gasteiger charge is -2.37. The molecule has 1 aromatic rings. The summed E-state index contributed by atoms with van der Waals surface area (Å²) in [5, 5.41) is 3.10. The lowest BCUT2D eigenvalue weighted by atomic mass is 10.3. The van der Waals surface area contributed by atoms with E-state index in [-0.39, 0.29) is 24.9 Å². The Morgan fingerprint density at radius 3 is 2.30 bits per heavy atom. The van der Waals surface area contributed by atoms with Gasteiger partial charge in [-0.1, -0.05) is 6.07 Å². The van der Waals surface area contributed by atoms with Crippen LogP contribution in [0.1, 0.15) is 0 Å². The van der Waals surface area contributed by atoms with Crippen LogP contribution in [0, 0.1) is 0 Å². The van der Waals surface area contributed by atoms with Crippen molar-refractivity contribution in [3.63, 3.8) is 0 Å². The SMILES string of the molecule is CN(C)C(=O)CN=C(NCC(=O)N(C)C)N1CCN(c2ccccn2)CC1. The first-order valence-electron chi connectivity index (χ1n) is 8.98. The molecule has 9 nitrogen and oxygen atoms in total. The Kier molecular flexibility index (Phi) is 7.39. The fraction of sp³-hybridized carbons (Fsp3) is 0.556. The molecule has 2 heterocycles. The average molecular weight is 375 g/mol. The quantitative estimate of drug-likeness (QED) is 0.543. The summed E-state index contributed by atoms with van der Waals surface area (Å²) < 4.78 is 0. The molecule has 2 rings (SSSR count). The Bertz CT molecular complexity index is 653. The molecule has 0 unspecified atom stereocenters. The first kappa shape index (κ1) is 20.5. The van der Waals surface area contributed by atoms with E-state index in [1.54, 1.807) is 34.4 Å². The van der Waals surface area contributed by atoms with E-state index in [1.165, 1.54) is 9.80 Å². The zero-order valence-corrected chi connectivity index (χ0v) is 16.6. The fourth-order valence-electron chi connectivity index (χ4n) is 2.55. The highest BCUT2D eigenvalue weighted by Crippen LogP contribution is 2.12. The highest BCUT2D eigenvalue weighted by molar-refractivity contribution is 5.88. The molecule has 1 fully saturated rings. The molecule has 1 aromatic heterocycles. The van der Waals surface area contributed by atoms with Gasteiger partial charge in [-0.2, -0.15) is 0 Å². The van der Waals surface area contributed by atoms with Crippen molar-refractivity contribution < 1.29 is 9.59 Å². The molecule has 0 spiro atoms. The second kappa shape index (κ2) is 9.75. The second-order valence-electron chi connectivity index (χ2n) is 6.73. The first-order chi connectivity index (χ1) is 12.9. The third-order valence-corrected chi connectivity index (χ3v) is 4.31. The number of pyridine rings is 1. The van der Waals surface area contributed by atoms with E-state index in [0.29, 0.717) is 5.96 Å². The first-order valence-corrected chi connectivity index (χ1v) is 8.98. The van der Waals surface area contributed by atoms with E-state index >= 15 is 0 Å². The van der Waals surface area contributed by atoms with Crippen LogP contribution in [0.2, 0.25) is 0 Å². The summed E-state index contributed by atoms with van der Waals surface area (Å²) in [7, 11) is 6.82. The molecule has 1 aliphatic rings. The number of nitrogens with zero attached hydrogens (tertiary/aromatic N) is 6. The van der Waals surface area contributed by atoms with Crippen LogP contribution >= 0.6 is 0 Å². The smallest absolute Gasteiger partial charge is 0.243 e. The van der Waals surface area contributed by atoms with Crippen molar-refractivity contribution in [2.75, 3.05) is 72.4 Å².